The van der Waals surface area contributed by atoms with Gasteiger partial charge in [0.05, 0.1) is 30.6 Å². The number of amides is 1. The van der Waals surface area contributed by atoms with E-state index < -0.39 is 0 Å². The average Bonchev–Trinajstić information content (AvgIpc) is 3.08. The molecule has 0 atom stereocenters. The van der Waals surface area contributed by atoms with Gasteiger partial charge in [0, 0.05) is 5.69 Å². The Morgan fingerprint density at radius 3 is 2.50 bits per heavy atom. The van der Waals surface area contributed by atoms with Crippen molar-refractivity contribution in [1.82, 2.24) is 9.78 Å². The second-order valence-corrected chi connectivity index (χ2v) is 4.97. The highest BCUT2D eigenvalue weighted by molar-refractivity contribution is 6.04. The number of benzene rings is 2. The van der Waals surface area contributed by atoms with Crippen LogP contribution in [0.4, 0.5) is 5.69 Å². The molecular formula is C18H14N4O2. The summed E-state index contributed by atoms with van der Waals surface area (Å²) in [4.78, 5) is 12.5. The van der Waals surface area contributed by atoms with E-state index in [1.807, 2.05) is 36.4 Å². The molecule has 0 aliphatic carbocycles. The zero-order chi connectivity index (χ0) is 16.9. The first-order chi connectivity index (χ1) is 11.7. The van der Waals surface area contributed by atoms with Crippen molar-refractivity contribution in [2.24, 2.45) is 0 Å². The second-order valence-electron chi connectivity index (χ2n) is 4.97. The predicted octanol–water partition coefficient (Wildman–Crippen LogP) is 3.00. The van der Waals surface area contributed by atoms with Crippen LogP contribution < -0.4 is 10.1 Å². The molecule has 0 saturated heterocycles. The van der Waals surface area contributed by atoms with Crippen LogP contribution in [-0.2, 0) is 0 Å². The van der Waals surface area contributed by atoms with Crippen LogP contribution in [0.15, 0.2) is 60.8 Å². The molecule has 0 unspecified atom stereocenters. The van der Waals surface area contributed by atoms with Gasteiger partial charge in [-0.1, -0.05) is 18.2 Å². The molecule has 0 bridgehead atoms. The highest BCUT2D eigenvalue weighted by Crippen LogP contribution is 2.21. The number of nitrogens with one attached hydrogen (secondary N) is 1. The van der Waals surface area contributed by atoms with Gasteiger partial charge in [-0.25, -0.2) is 4.68 Å². The zero-order valence-electron chi connectivity index (χ0n) is 12.9. The number of carbonyl (C=O) groups excluding carboxylic acids is 1. The molecule has 1 amide bonds. The molecule has 1 aromatic heterocycles. The van der Waals surface area contributed by atoms with Gasteiger partial charge < -0.3 is 10.1 Å². The van der Waals surface area contributed by atoms with Gasteiger partial charge in [0.2, 0.25) is 0 Å². The smallest absolute Gasteiger partial charge is 0.280 e. The minimum atomic E-state index is -0.383. The Morgan fingerprint density at radius 2 is 1.88 bits per heavy atom. The first kappa shape index (κ1) is 15.3. The van der Waals surface area contributed by atoms with Crippen molar-refractivity contribution in [2.75, 3.05) is 12.4 Å². The van der Waals surface area contributed by atoms with E-state index in [-0.39, 0.29) is 11.6 Å². The molecule has 0 aliphatic rings. The average molecular weight is 318 g/mol. The molecule has 0 aliphatic heterocycles. The summed E-state index contributed by atoms with van der Waals surface area (Å²) >= 11 is 0. The van der Waals surface area contributed by atoms with E-state index in [0.29, 0.717) is 17.0 Å². The minimum Gasteiger partial charge on any atom is -0.493 e. The van der Waals surface area contributed by atoms with Crippen molar-refractivity contribution >= 4 is 11.6 Å². The summed E-state index contributed by atoms with van der Waals surface area (Å²) in [6.07, 6.45) is 1.66. The van der Waals surface area contributed by atoms with Gasteiger partial charge in [-0.3, -0.25) is 4.79 Å². The maximum atomic E-state index is 12.5. The molecule has 6 nitrogen and oxygen atoms in total. The fourth-order valence-corrected chi connectivity index (χ4v) is 2.20. The third kappa shape index (κ3) is 3.10. The monoisotopic (exact) mass is 318 g/mol. The summed E-state index contributed by atoms with van der Waals surface area (Å²) in [5.41, 5.74) is 2.12. The number of nitriles is 1. The van der Waals surface area contributed by atoms with Crippen molar-refractivity contribution < 1.29 is 9.53 Å². The Kier molecular flexibility index (Phi) is 4.25. The molecule has 0 spiro atoms. The summed E-state index contributed by atoms with van der Waals surface area (Å²) in [7, 11) is 1.49. The molecule has 3 aromatic rings. The number of nitrogens with zero attached hydrogens (tertiary/aromatic N) is 3. The first-order valence-electron chi connectivity index (χ1n) is 7.22. The number of hydrogen-bond donors (Lipinski definition) is 1. The summed E-state index contributed by atoms with van der Waals surface area (Å²) < 4.78 is 6.85. The third-order valence-electron chi connectivity index (χ3n) is 3.41. The fourth-order valence-electron chi connectivity index (χ4n) is 2.20. The largest absolute Gasteiger partial charge is 0.493 e. The molecule has 118 valence electrons. The number of anilines is 1. The van der Waals surface area contributed by atoms with Gasteiger partial charge in [-0.2, -0.15) is 10.4 Å². The van der Waals surface area contributed by atoms with Crippen molar-refractivity contribution in [2.45, 2.75) is 0 Å². The van der Waals surface area contributed by atoms with Gasteiger partial charge in [0.15, 0.2) is 11.4 Å². The van der Waals surface area contributed by atoms with Gasteiger partial charge in [0.25, 0.3) is 5.91 Å². The second kappa shape index (κ2) is 6.67. The summed E-state index contributed by atoms with van der Waals surface area (Å²) in [5, 5.41) is 15.9. The maximum Gasteiger partial charge on any atom is 0.280 e. The van der Waals surface area contributed by atoms with Crippen LogP contribution in [0.5, 0.6) is 5.75 Å². The van der Waals surface area contributed by atoms with Crippen LogP contribution in [0.2, 0.25) is 0 Å². The van der Waals surface area contributed by atoms with Crippen LogP contribution in [0, 0.1) is 11.3 Å². The SMILES string of the molecule is COc1cn(-c2ccccc2)nc1C(=O)Nc1ccc(C#N)cc1. The highest BCUT2D eigenvalue weighted by Gasteiger charge is 2.18. The third-order valence-corrected chi connectivity index (χ3v) is 3.41. The predicted molar refractivity (Wildman–Crippen MR) is 89.2 cm³/mol. The summed E-state index contributed by atoms with van der Waals surface area (Å²) in [6, 6.07) is 18.1. The van der Waals surface area contributed by atoms with E-state index in [4.69, 9.17) is 10.00 Å². The number of para-hydroxylation sites is 1. The number of aromatic nitrogens is 2. The quantitative estimate of drug-likeness (QED) is 0.802. The minimum absolute atomic E-state index is 0.186. The van der Waals surface area contributed by atoms with Gasteiger partial charge in [-0.05, 0) is 36.4 Å². The fraction of sp³-hybridized carbons (Fsp3) is 0.0556. The summed E-state index contributed by atoms with van der Waals surface area (Å²) in [6.45, 7) is 0. The van der Waals surface area contributed by atoms with Crippen molar-refractivity contribution in [3.8, 4) is 17.5 Å². The zero-order valence-corrected chi connectivity index (χ0v) is 12.9. The molecule has 3 rings (SSSR count). The van der Waals surface area contributed by atoms with Crippen LogP contribution in [0.25, 0.3) is 5.69 Å². The molecule has 1 heterocycles. The van der Waals surface area contributed by atoms with E-state index in [2.05, 4.69) is 10.4 Å². The van der Waals surface area contributed by atoms with Gasteiger partial charge in [-0.15, -0.1) is 0 Å². The van der Waals surface area contributed by atoms with E-state index >= 15 is 0 Å². The molecule has 0 radical (unpaired) electrons. The lowest BCUT2D eigenvalue weighted by molar-refractivity contribution is 0.101. The lowest BCUT2D eigenvalue weighted by Crippen LogP contribution is -2.14. The Hall–Kier alpha value is -3.59. The maximum absolute atomic E-state index is 12.5. The molecule has 6 heteroatoms. The Labute approximate surface area is 138 Å². The van der Waals surface area contributed by atoms with Crippen molar-refractivity contribution in [3.63, 3.8) is 0 Å². The standard InChI is InChI=1S/C18H14N4O2/c1-24-16-12-22(15-5-3-2-4-6-15)21-17(16)18(23)20-14-9-7-13(11-19)8-10-14/h2-10,12H,1H3,(H,20,23). The van der Waals surface area contributed by atoms with E-state index in [0.717, 1.165) is 5.69 Å². The Balaban J connectivity index is 1.86. The van der Waals surface area contributed by atoms with E-state index in [1.54, 1.807) is 35.1 Å². The lowest BCUT2D eigenvalue weighted by atomic mass is 10.2. The molecule has 0 fully saturated rings. The number of ether oxygens (including phenoxy) is 1. The number of carbonyl (C=O) groups is 1. The van der Waals surface area contributed by atoms with Crippen LogP contribution in [-0.4, -0.2) is 22.8 Å². The molecule has 2 aromatic carbocycles. The number of methoxy groups -OCH3 is 1. The van der Waals surface area contributed by atoms with E-state index in [9.17, 15) is 4.79 Å². The van der Waals surface area contributed by atoms with Crippen molar-refractivity contribution in [3.05, 3.63) is 72.1 Å². The Morgan fingerprint density at radius 1 is 1.17 bits per heavy atom. The first-order valence-corrected chi connectivity index (χ1v) is 7.22. The molecule has 0 saturated carbocycles. The molecule has 24 heavy (non-hydrogen) atoms. The van der Waals surface area contributed by atoms with Crippen LogP contribution in [0.1, 0.15) is 16.1 Å². The van der Waals surface area contributed by atoms with Crippen LogP contribution >= 0.6 is 0 Å². The lowest BCUT2D eigenvalue weighted by Gasteiger charge is -2.04. The highest BCUT2D eigenvalue weighted by atomic mass is 16.5. The number of rotatable bonds is 4. The Bertz CT molecular complexity index is 893. The number of hydrogen-bond acceptors (Lipinski definition) is 4. The van der Waals surface area contributed by atoms with Crippen molar-refractivity contribution in [1.29, 1.82) is 5.26 Å². The van der Waals surface area contributed by atoms with Gasteiger partial charge >= 0.3 is 0 Å². The van der Waals surface area contributed by atoms with Crippen LogP contribution in [0.3, 0.4) is 0 Å². The van der Waals surface area contributed by atoms with E-state index in [1.165, 1.54) is 7.11 Å². The van der Waals surface area contributed by atoms with Gasteiger partial charge in [0.1, 0.15) is 0 Å². The normalized spacial score (nSPS) is 10.0. The molecular weight excluding hydrogens is 304 g/mol. The summed E-state index contributed by atoms with van der Waals surface area (Å²) in [5.74, 6) is -0.00348. The molecule has 1 N–H and O–H groups in total. The topological polar surface area (TPSA) is 79.9 Å².